The lowest BCUT2D eigenvalue weighted by atomic mass is 9.90. The number of hydrogen-bond donors (Lipinski definition) is 1. The Morgan fingerprint density at radius 2 is 2.23 bits per heavy atom. The number of ether oxygens (including phenoxy) is 2. The monoisotopic (exact) mass is 187 g/mol. The van der Waals surface area contributed by atoms with Crippen molar-refractivity contribution in [1.29, 1.82) is 0 Å². The molecule has 1 rings (SSSR count). The van der Waals surface area contributed by atoms with E-state index >= 15 is 0 Å². The Labute approximate surface area is 78.6 Å². The Hall–Kier alpha value is -0.610. The summed E-state index contributed by atoms with van der Waals surface area (Å²) in [6.07, 6.45) is 2.96. The Morgan fingerprint density at radius 1 is 1.46 bits per heavy atom. The lowest BCUT2D eigenvalue weighted by Gasteiger charge is -2.34. The summed E-state index contributed by atoms with van der Waals surface area (Å²) in [5, 5.41) is 3.18. The number of hydrogen-bond acceptors (Lipinski definition) is 4. The van der Waals surface area contributed by atoms with Crippen molar-refractivity contribution in [3.8, 4) is 0 Å². The highest BCUT2D eigenvalue weighted by Gasteiger charge is 2.40. The summed E-state index contributed by atoms with van der Waals surface area (Å²) in [4.78, 5) is 11.5. The standard InChI is InChI=1S/C9H17NO3/c1-12-7-9(8(11)13-2)5-3-4-6-10-9/h10H,3-7H2,1-2H3/t9-/m1/s1. The van der Waals surface area contributed by atoms with E-state index in [2.05, 4.69) is 5.32 Å². The van der Waals surface area contributed by atoms with Crippen molar-refractivity contribution in [3.63, 3.8) is 0 Å². The van der Waals surface area contributed by atoms with Gasteiger partial charge in [-0.2, -0.15) is 0 Å². The third kappa shape index (κ3) is 2.19. The molecule has 4 nitrogen and oxygen atoms in total. The van der Waals surface area contributed by atoms with E-state index in [1.807, 2.05) is 0 Å². The molecule has 1 N–H and O–H groups in total. The summed E-state index contributed by atoms with van der Waals surface area (Å²) in [6, 6.07) is 0. The molecule has 0 aromatic carbocycles. The van der Waals surface area contributed by atoms with Crippen molar-refractivity contribution in [3.05, 3.63) is 0 Å². The molecule has 1 fully saturated rings. The lowest BCUT2D eigenvalue weighted by Crippen LogP contribution is -2.58. The van der Waals surface area contributed by atoms with Gasteiger partial charge in [0.25, 0.3) is 0 Å². The largest absolute Gasteiger partial charge is 0.468 e. The molecule has 0 radical (unpaired) electrons. The fourth-order valence-corrected chi connectivity index (χ4v) is 1.77. The van der Waals surface area contributed by atoms with Crippen molar-refractivity contribution in [2.75, 3.05) is 27.4 Å². The molecule has 1 saturated heterocycles. The zero-order valence-corrected chi connectivity index (χ0v) is 8.26. The zero-order valence-electron chi connectivity index (χ0n) is 8.26. The van der Waals surface area contributed by atoms with E-state index in [9.17, 15) is 4.79 Å². The molecule has 1 atom stereocenters. The topological polar surface area (TPSA) is 47.6 Å². The van der Waals surface area contributed by atoms with E-state index < -0.39 is 5.54 Å². The first-order valence-electron chi connectivity index (χ1n) is 4.57. The smallest absolute Gasteiger partial charge is 0.328 e. The quantitative estimate of drug-likeness (QED) is 0.646. The van der Waals surface area contributed by atoms with Crippen LogP contribution in [0.1, 0.15) is 19.3 Å². The van der Waals surface area contributed by atoms with Gasteiger partial charge in [-0.25, -0.2) is 4.79 Å². The Bertz CT molecular complexity index is 170. The fraction of sp³-hybridized carbons (Fsp3) is 0.889. The number of methoxy groups -OCH3 is 2. The number of carbonyl (C=O) groups excluding carboxylic acids is 1. The summed E-state index contributed by atoms with van der Waals surface area (Å²) >= 11 is 0. The van der Waals surface area contributed by atoms with Crippen LogP contribution in [0.4, 0.5) is 0 Å². The van der Waals surface area contributed by atoms with Crippen LogP contribution in [0.5, 0.6) is 0 Å². The summed E-state index contributed by atoms with van der Waals surface area (Å²) < 4.78 is 9.81. The van der Waals surface area contributed by atoms with Crippen LogP contribution in [0.15, 0.2) is 0 Å². The van der Waals surface area contributed by atoms with Gasteiger partial charge in [-0.1, -0.05) is 0 Å². The van der Waals surface area contributed by atoms with Crippen molar-refractivity contribution in [2.45, 2.75) is 24.8 Å². The van der Waals surface area contributed by atoms with Crippen molar-refractivity contribution in [2.24, 2.45) is 0 Å². The number of esters is 1. The van der Waals surface area contributed by atoms with Crippen LogP contribution in [0, 0.1) is 0 Å². The fourth-order valence-electron chi connectivity index (χ4n) is 1.77. The van der Waals surface area contributed by atoms with E-state index in [0.29, 0.717) is 6.61 Å². The van der Waals surface area contributed by atoms with Crippen molar-refractivity contribution in [1.82, 2.24) is 5.32 Å². The second-order valence-electron chi connectivity index (χ2n) is 3.39. The second kappa shape index (κ2) is 4.58. The number of carbonyl (C=O) groups is 1. The molecule has 1 aliphatic heterocycles. The normalized spacial score (nSPS) is 28.5. The third-order valence-corrected chi connectivity index (χ3v) is 2.46. The van der Waals surface area contributed by atoms with Crippen LogP contribution >= 0.6 is 0 Å². The van der Waals surface area contributed by atoms with Crippen molar-refractivity contribution >= 4 is 5.97 Å². The maximum absolute atomic E-state index is 11.5. The van der Waals surface area contributed by atoms with Gasteiger partial charge in [0.1, 0.15) is 5.54 Å². The van der Waals surface area contributed by atoms with Gasteiger partial charge in [-0.05, 0) is 25.8 Å². The number of piperidine rings is 1. The third-order valence-electron chi connectivity index (χ3n) is 2.46. The van der Waals surface area contributed by atoms with Gasteiger partial charge in [0, 0.05) is 7.11 Å². The van der Waals surface area contributed by atoms with Gasteiger partial charge in [0.05, 0.1) is 13.7 Å². The van der Waals surface area contributed by atoms with Gasteiger partial charge >= 0.3 is 5.97 Å². The molecule has 0 saturated carbocycles. The van der Waals surface area contributed by atoms with Gasteiger partial charge in [-0.15, -0.1) is 0 Å². The molecule has 1 aliphatic rings. The minimum Gasteiger partial charge on any atom is -0.468 e. The van der Waals surface area contributed by atoms with Gasteiger partial charge < -0.3 is 9.47 Å². The summed E-state index contributed by atoms with van der Waals surface area (Å²) in [6.45, 7) is 1.25. The Kier molecular flexibility index (Phi) is 3.69. The predicted molar refractivity (Wildman–Crippen MR) is 48.5 cm³/mol. The molecule has 0 bridgehead atoms. The average Bonchev–Trinajstić information content (AvgIpc) is 2.18. The van der Waals surface area contributed by atoms with E-state index in [0.717, 1.165) is 25.8 Å². The average molecular weight is 187 g/mol. The maximum Gasteiger partial charge on any atom is 0.328 e. The zero-order chi connectivity index (χ0) is 9.73. The SMILES string of the molecule is COC[C@@]1(C(=O)OC)CCCCN1. The molecular formula is C9H17NO3. The molecule has 0 amide bonds. The summed E-state index contributed by atoms with van der Waals surface area (Å²) in [7, 11) is 3.01. The first kappa shape index (κ1) is 10.5. The molecule has 13 heavy (non-hydrogen) atoms. The molecule has 4 heteroatoms. The lowest BCUT2D eigenvalue weighted by molar-refractivity contribution is -0.152. The first-order valence-corrected chi connectivity index (χ1v) is 4.57. The highest BCUT2D eigenvalue weighted by Crippen LogP contribution is 2.20. The molecule has 0 unspecified atom stereocenters. The first-order chi connectivity index (χ1) is 6.25. The summed E-state index contributed by atoms with van der Waals surface area (Å²) in [5.41, 5.74) is -0.595. The van der Waals surface area contributed by atoms with E-state index in [1.54, 1.807) is 7.11 Å². The maximum atomic E-state index is 11.5. The minimum absolute atomic E-state index is 0.214. The van der Waals surface area contributed by atoms with E-state index in [-0.39, 0.29) is 5.97 Å². The van der Waals surface area contributed by atoms with Crippen molar-refractivity contribution < 1.29 is 14.3 Å². The number of nitrogens with one attached hydrogen (secondary N) is 1. The molecule has 0 aromatic heterocycles. The highest BCUT2D eigenvalue weighted by molar-refractivity contribution is 5.81. The van der Waals surface area contributed by atoms with Crippen LogP contribution in [-0.4, -0.2) is 38.9 Å². The minimum atomic E-state index is -0.595. The molecular weight excluding hydrogens is 170 g/mol. The predicted octanol–water partition coefficient (Wildman–Crippen LogP) is 0.318. The van der Waals surface area contributed by atoms with E-state index in [1.165, 1.54) is 7.11 Å². The van der Waals surface area contributed by atoms with Gasteiger partial charge in [0.2, 0.25) is 0 Å². The molecule has 0 spiro atoms. The Morgan fingerprint density at radius 3 is 2.69 bits per heavy atom. The van der Waals surface area contributed by atoms with E-state index in [4.69, 9.17) is 9.47 Å². The molecule has 0 aliphatic carbocycles. The highest BCUT2D eigenvalue weighted by atomic mass is 16.5. The second-order valence-corrected chi connectivity index (χ2v) is 3.39. The van der Waals surface area contributed by atoms with Crippen LogP contribution in [0.2, 0.25) is 0 Å². The van der Waals surface area contributed by atoms with Crippen LogP contribution in [0.3, 0.4) is 0 Å². The van der Waals surface area contributed by atoms with Gasteiger partial charge in [-0.3, -0.25) is 5.32 Å². The molecule has 1 heterocycles. The van der Waals surface area contributed by atoms with Crippen LogP contribution < -0.4 is 5.32 Å². The molecule has 76 valence electrons. The van der Waals surface area contributed by atoms with Crippen LogP contribution in [0.25, 0.3) is 0 Å². The Balaban J connectivity index is 2.66. The summed E-state index contributed by atoms with van der Waals surface area (Å²) in [5.74, 6) is -0.214. The van der Waals surface area contributed by atoms with Gasteiger partial charge in [0.15, 0.2) is 0 Å². The van der Waals surface area contributed by atoms with Crippen LogP contribution in [-0.2, 0) is 14.3 Å². The number of rotatable bonds is 3. The molecule has 0 aromatic rings.